The fraction of sp³-hybridized carbons (Fsp3) is 0.478. The molecule has 3 aromatic rings. The fourth-order valence-electron chi connectivity index (χ4n) is 4.56. The first-order valence-corrected chi connectivity index (χ1v) is 11.0. The van der Waals surface area contributed by atoms with Crippen LogP contribution in [-0.2, 0) is 12.8 Å². The molecule has 7 heteroatoms. The fourth-order valence-corrected chi connectivity index (χ4v) is 4.82. The van der Waals surface area contributed by atoms with Gasteiger partial charge < -0.3 is 9.64 Å². The monoisotopic (exact) mass is 446 g/mol. The summed E-state index contributed by atoms with van der Waals surface area (Å²) in [4.78, 5) is 7.61. The SMILES string of the molecule is CCN(CC1CC1)c1c2c(nc3c(-c4ccc(OC)cc4Cl)c(C)nn13)CCC2.Cl. The number of hydrogen-bond acceptors (Lipinski definition) is 4. The third-order valence-electron chi connectivity index (χ3n) is 6.24. The molecule has 1 aromatic carbocycles. The minimum atomic E-state index is 0. The Kier molecular flexibility index (Phi) is 5.86. The van der Waals surface area contributed by atoms with E-state index in [1.807, 2.05) is 18.2 Å². The minimum absolute atomic E-state index is 0. The van der Waals surface area contributed by atoms with Gasteiger partial charge in [0, 0.05) is 29.9 Å². The molecule has 2 aromatic heterocycles. The molecule has 0 atom stereocenters. The van der Waals surface area contributed by atoms with E-state index in [2.05, 4.69) is 23.3 Å². The molecule has 0 radical (unpaired) electrons. The highest BCUT2D eigenvalue weighted by molar-refractivity contribution is 6.33. The molecule has 0 spiro atoms. The van der Waals surface area contributed by atoms with Gasteiger partial charge in [0.25, 0.3) is 0 Å². The maximum absolute atomic E-state index is 6.64. The highest BCUT2D eigenvalue weighted by atomic mass is 35.5. The van der Waals surface area contributed by atoms with Gasteiger partial charge in [-0.2, -0.15) is 9.61 Å². The topological polar surface area (TPSA) is 42.7 Å². The molecule has 0 amide bonds. The van der Waals surface area contributed by atoms with Gasteiger partial charge in [0.2, 0.25) is 0 Å². The number of aromatic nitrogens is 3. The summed E-state index contributed by atoms with van der Waals surface area (Å²) in [7, 11) is 1.66. The first-order valence-electron chi connectivity index (χ1n) is 10.6. The van der Waals surface area contributed by atoms with Crippen molar-refractivity contribution in [2.45, 2.75) is 46.0 Å². The van der Waals surface area contributed by atoms with E-state index in [9.17, 15) is 0 Å². The Morgan fingerprint density at radius 3 is 2.73 bits per heavy atom. The number of ether oxygens (including phenoxy) is 1. The summed E-state index contributed by atoms with van der Waals surface area (Å²) in [5, 5.41) is 5.63. The van der Waals surface area contributed by atoms with Crippen molar-refractivity contribution in [1.82, 2.24) is 14.6 Å². The molecule has 0 aliphatic heterocycles. The molecule has 1 saturated carbocycles. The summed E-state index contributed by atoms with van der Waals surface area (Å²) in [5.41, 5.74) is 6.47. The third kappa shape index (κ3) is 3.52. The Hall–Kier alpha value is -1.98. The third-order valence-corrected chi connectivity index (χ3v) is 6.55. The van der Waals surface area contributed by atoms with Crippen molar-refractivity contribution in [2.75, 3.05) is 25.1 Å². The maximum Gasteiger partial charge on any atom is 0.165 e. The van der Waals surface area contributed by atoms with Gasteiger partial charge in [-0.3, -0.25) is 0 Å². The van der Waals surface area contributed by atoms with E-state index in [0.29, 0.717) is 5.02 Å². The van der Waals surface area contributed by atoms with Gasteiger partial charge in [0.05, 0.1) is 23.4 Å². The molecule has 5 rings (SSSR count). The Morgan fingerprint density at radius 2 is 2.07 bits per heavy atom. The highest BCUT2D eigenvalue weighted by Gasteiger charge is 2.30. The molecule has 2 aliphatic carbocycles. The number of rotatable bonds is 6. The largest absolute Gasteiger partial charge is 0.497 e. The van der Waals surface area contributed by atoms with E-state index in [-0.39, 0.29) is 12.4 Å². The van der Waals surface area contributed by atoms with Crippen LogP contribution < -0.4 is 9.64 Å². The summed E-state index contributed by atoms with van der Waals surface area (Å²) < 4.78 is 7.41. The molecule has 2 aliphatic rings. The van der Waals surface area contributed by atoms with Crippen LogP contribution in [0.3, 0.4) is 0 Å². The molecule has 30 heavy (non-hydrogen) atoms. The molecule has 1 fully saturated rings. The zero-order chi connectivity index (χ0) is 20.1. The van der Waals surface area contributed by atoms with Gasteiger partial charge in [0.15, 0.2) is 5.65 Å². The standard InChI is InChI=1S/C23H27ClN4O.ClH/c1-4-27(13-15-8-9-15)23-18-6-5-7-20(18)25-22-21(14(2)26-28(22)23)17-11-10-16(29-3)12-19(17)24;/h10-12,15H,4-9,13H2,1-3H3;1H. The molecular formula is C23H28Cl2N4O. The van der Waals surface area contributed by atoms with Crippen LogP contribution in [0.2, 0.25) is 5.02 Å². The second kappa shape index (κ2) is 8.27. The van der Waals surface area contributed by atoms with E-state index in [4.69, 9.17) is 26.4 Å². The van der Waals surface area contributed by atoms with Gasteiger partial charge in [0.1, 0.15) is 11.6 Å². The van der Waals surface area contributed by atoms with Crippen molar-refractivity contribution >= 4 is 35.5 Å². The lowest BCUT2D eigenvalue weighted by atomic mass is 10.1. The van der Waals surface area contributed by atoms with Crippen LogP contribution in [0.15, 0.2) is 18.2 Å². The van der Waals surface area contributed by atoms with E-state index in [1.54, 1.807) is 7.11 Å². The van der Waals surface area contributed by atoms with E-state index in [1.165, 1.54) is 36.3 Å². The number of hydrogen-bond donors (Lipinski definition) is 0. The normalized spacial score (nSPS) is 15.2. The highest BCUT2D eigenvalue weighted by Crippen LogP contribution is 2.40. The summed E-state index contributed by atoms with van der Waals surface area (Å²) in [5.74, 6) is 2.82. The van der Waals surface area contributed by atoms with Crippen LogP contribution in [0.4, 0.5) is 5.82 Å². The number of aryl methyl sites for hydroxylation is 2. The van der Waals surface area contributed by atoms with E-state index < -0.39 is 0 Å². The Labute approximate surface area is 188 Å². The van der Waals surface area contributed by atoms with Gasteiger partial charge in [-0.05, 0) is 70.1 Å². The number of fused-ring (bicyclic) bond motifs is 2. The van der Waals surface area contributed by atoms with Crippen LogP contribution in [0.25, 0.3) is 16.8 Å². The molecule has 0 saturated heterocycles. The summed E-state index contributed by atoms with van der Waals surface area (Å²) >= 11 is 6.64. The Bertz CT molecular complexity index is 1090. The smallest absolute Gasteiger partial charge is 0.165 e. The number of anilines is 1. The quantitative estimate of drug-likeness (QED) is 0.500. The Balaban J connectivity index is 0.00000218. The first kappa shape index (κ1) is 21.3. The average molecular weight is 447 g/mol. The molecule has 2 heterocycles. The summed E-state index contributed by atoms with van der Waals surface area (Å²) in [6.45, 7) is 6.39. The number of halogens is 2. The zero-order valence-corrected chi connectivity index (χ0v) is 19.3. The van der Waals surface area contributed by atoms with Crippen molar-refractivity contribution in [3.8, 4) is 16.9 Å². The van der Waals surface area contributed by atoms with Gasteiger partial charge in [-0.1, -0.05) is 11.6 Å². The molecule has 160 valence electrons. The van der Waals surface area contributed by atoms with Gasteiger partial charge >= 0.3 is 0 Å². The van der Waals surface area contributed by atoms with Crippen LogP contribution in [0.5, 0.6) is 5.75 Å². The number of nitrogens with zero attached hydrogens (tertiary/aromatic N) is 4. The number of benzene rings is 1. The summed E-state index contributed by atoms with van der Waals surface area (Å²) in [6.07, 6.45) is 5.99. The van der Waals surface area contributed by atoms with Crippen LogP contribution in [-0.4, -0.2) is 34.8 Å². The number of methoxy groups -OCH3 is 1. The van der Waals surface area contributed by atoms with E-state index >= 15 is 0 Å². The van der Waals surface area contributed by atoms with Crippen molar-refractivity contribution in [1.29, 1.82) is 0 Å². The Morgan fingerprint density at radius 1 is 1.27 bits per heavy atom. The van der Waals surface area contributed by atoms with Gasteiger partial charge in [-0.15, -0.1) is 12.4 Å². The molecular weight excluding hydrogens is 419 g/mol. The second-order valence-corrected chi connectivity index (χ2v) is 8.65. The molecule has 0 unspecified atom stereocenters. The summed E-state index contributed by atoms with van der Waals surface area (Å²) in [6, 6.07) is 5.82. The first-order chi connectivity index (χ1) is 14.1. The lowest BCUT2D eigenvalue weighted by Crippen LogP contribution is -2.29. The lowest BCUT2D eigenvalue weighted by Gasteiger charge is -2.26. The molecule has 0 bridgehead atoms. The van der Waals surface area contributed by atoms with Crippen LogP contribution in [0, 0.1) is 12.8 Å². The van der Waals surface area contributed by atoms with Crippen LogP contribution in [0.1, 0.15) is 43.1 Å². The van der Waals surface area contributed by atoms with Crippen molar-refractivity contribution < 1.29 is 4.74 Å². The zero-order valence-electron chi connectivity index (χ0n) is 17.7. The average Bonchev–Trinajstić information content (AvgIpc) is 3.32. The van der Waals surface area contributed by atoms with Crippen LogP contribution >= 0.6 is 24.0 Å². The lowest BCUT2D eigenvalue weighted by molar-refractivity contribution is 0.415. The van der Waals surface area contributed by atoms with Crippen molar-refractivity contribution in [3.05, 3.63) is 40.2 Å². The maximum atomic E-state index is 6.64. The minimum Gasteiger partial charge on any atom is -0.497 e. The predicted molar refractivity (Wildman–Crippen MR) is 125 cm³/mol. The molecule has 0 N–H and O–H groups in total. The van der Waals surface area contributed by atoms with Gasteiger partial charge in [-0.25, -0.2) is 4.98 Å². The second-order valence-electron chi connectivity index (χ2n) is 8.24. The predicted octanol–water partition coefficient (Wildman–Crippen LogP) is 5.51. The van der Waals surface area contributed by atoms with E-state index in [0.717, 1.165) is 60.1 Å². The van der Waals surface area contributed by atoms with Crippen molar-refractivity contribution in [2.24, 2.45) is 5.92 Å². The van der Waals surface area contributed by atoms with Crippen molar-refractivity contribution in [3.63, 3.8) is 0 Å². The molecule has 5 nitrogen and oxygen atoms in total.